The molecule has 14 heavy (non-hydrogen) atoms. The molecule has 0 unspecified atom stereocenters. The Balaban J connectivity index is 2.64. The molecule has 0 saturated heterocycles. The monoisotopic (exact) mass is 310 g/mol. The number of rotatable bonds is 0. The van der Waals surface area contributed by atoms with Crippen LogP contribution >= 0.6 is 22.6 Å². The quantitative estimate of drug-likeness (QED) is 0.649. The third-order valence-corrected chi connectivity index (χ3v) is 2.72. The van der Waals surface area contributed by atoms with Gasteiger partial charge in [0.25, 0.3) is 0 Å². The molecule has 1 aromatic rings. The summed E-state index contributed by atoms with van der Waals surface area (Å²) in [6.45, 7) is 0. The van der Waals surface area contributed by atoms with Gasteiger partial charge in [0.1, 0.15) is 0 Å². The van der Waals surface area contributed by atoms with E-state index in [1.165, 1.54) is 12.3 Å². The number of fused-ring (bicyclic) bond motifs is 1. The van der Waals surface area contributed by atoms with Crippen molar-refractivity contribution in [2.24, 2.45) is 0 Å². The molecule has 0 spiro atoms. The van der Waals surface area contributed by atoms with Crippen molar-refractivity contribution in [1.82, 2.24) is 5.32 Å². The molecule has 1 nitrogen and oxygen atoms in total. The van der Waals surface area contributed by atoms with Gasteiger partial charge in [-0.25, -0.2) is 0 Å². The summed E-state index contributed by atoms with van der Waals surface area (Å²) in [5, 5.41) is 3.88. The Morgan fingerprint density at radius 2 is 1.93 bits per heavy atom. The van der Waals surface area contributed by atoms with E-state index < -0.39 is 11.7 Å². The molecule has 1 heterocycles. The average Bonchev–Trinajstić information content (AvgIpc) is 2.46. The fourth-order valence-corrected chi connectivity index (χ4v) is 2.03. The third-order valence-electron chi connectivity index (χ3n) is 1.90. The Morgan fingerprint density at radius 3 is 2.57 bits per heavy atom. The van der Waals surface area contributed by atoms with Gasteiger partial charge in [-0.3, -0.25) is 5.32 Å². The maximum atomic E-state index is 12.5. The molecule has 1 radical (unpaired) electrons. The number of hydrogen-bond donors (Lipinski definition) is 0. The van der Waals surface area contributed by atoms with Crippen LogP contribution < -0.4 is 5.32 Å². The van der Waals surface area contributed by atoms with E-state index in [9.17, 15) is 13.2 Å². The second-order valence-electron chi connectivity index (χ2n) is 2.80. The Labute approximate surface area is 92.1 Å². The van der Waals surface area contributed by atoms with Gasteiger partial charge in [-0.2, -0.15) is 13.2 Å². The van der Waals surface area contributed by atoms with Crippen LogP contribution in [0.25, 0.3) is 3.58 Å². The van der Waals surface area contributed by atoms with Crippen molar-refractivity contribution in [2.75, 3.05) is 0 Å². The lowest BCUT2D eigenvalue weighted by molar-refractivity contribution is -0.137. The molecule has 0 atom stereocenters. The second-order valence-corrected chi connectivity index (χ2v) is 3.97. The smallest absolute Gasteiger partial charge is 0.255 e. The summed E-state index contributed by atoms with van der Waals surface area (Å²) >= 11 is 1.86. The minimum absolute atomic E-state index is 0.195. The Hall–Kier alpha value is -0.720. The first-order valence-corrected chi connectivity index (χ1v) is 4.85. The lowest BCUT2D eigenvalue weighted by Gasteiger charge is -2.11. The first kappa shape index (κ1) is 9.82. The zero-order chi connectivity index (χ0) is 10.3. The molecule has 1 aliphatic rings. The topological polar surface area (TPSA) is 14.1 Å². The van der Waals surface area contributed by atoms with Crippen LogP contribution in [-0.2, 0) is 6.18 Å². The number of nitrogens with zero attached hydrogens (tertiary/aromatic N) is 1. The lowest BCUT2D eigenvalue weighted by atomic mass is 10.1. The van der Waals surface area contributed by atoms with Crippen LogP contribution in [-0.4, -0.2) is 0 Å². The van der Waals surface area contributed by atoms with Gasteiger partial charge in [0, 0.05) is 15.3 Å². The Morgan fingerprint density at radius 1 is 1.21 bits per heavy atom. The van der Waals surface area contributed by atoms with E-state index in [4.69, 9.17) is 0 Å². The molecule has 73 valence electrons. The average molecular weight is 310 g/mol. The van der Waals surface area contributed by atoms with Gasteiger partial charge in [0.05, 0.1) is 11.3 Å². The third kappa shape index (κ3) is 1.49. The summed E-state index contributed by atoms with van der Waals surface area (Å²) in [6.07, 6.45) is -2.87. The minimum atomic E-state index is -4.31. The number of hydrogen-bond acceptors (Lipinski definition) is 0. The highest BCUT2D eigenvalue weighted by Crippen LogP contribution is 2.43. The van der Waals surface area contributed by atoms with Crippen molar-refractivity contribution in [1.29, 1.82) is 0 Å². The van der Waals surface area contributed by atoms with Crippen LogP contribution in [0.4, 0.5) is 18.9 Å². The normalized spacial score (nSPS) is 14.7. The second kappa shape index (κ2) is 3.15. The van der Waals surface area contributed by atoms with Gasteiger partial charge >= 0.3 is 6.18 Å². The van der Waals surface area contributed by atoms with Gasteiger partial charge in [-0.1, -0.05) is 6.07 Å². The maximum absolute atomic E-state index is 12.5. The fourth-order valence-electron chi connectivity index (χ4n) is 1.33. The molecule has 1 aliphatic heterocycles. The molecule has 0 N–H and O–H groups in total. The highest BCUT2D eigenvalue weighted by Gasteiger charge is 2.36. The van der Waals surface area contributed by atoms with Gasteiger partial charge in [0.15, 0.2) is 0 Å². The molecule has 1 aromatic carbocycles. The Bertz CT molecular complexity index is 409. The molecular formula is C9H4F3IN. The molecular weight excluding hydrogens is 306 g/mol. The van der Waals surface area contributed by atoms with Crippen LogP contribution in [0.2, 0.25) is 0 Å². The maximum Gasteiger partial charge on any atom is 0.417 e. The molecule has 0 amide bonds. The summed E-state index contributed by atoms with van der Waals surface area (Å²) < 4.78 is 38.2. The molecule has 5 heteroatoms. The SMILES string of the molecule is FC(F)(F)c1cccc2c1C(I)=C[N]2. The Kier molecular flexibility index (Phi) is 2.21. The van der Waals surface area contributed by atoms with Gasteiger partial charge in [-0.15, -0.1) is 0 Å². The summed E-state index contributed by atoms with van der Waals surface area (Å²) in [7, 11) is 0. The van der Waals surface area contributed by atoms with Gasteiger partial charge < -0.3 is 0 Å². The molecule has 0 aliphatic carbocycles. The summed E-state index contributed by atoms with van der Waals surface area (Å²) in [5.74, 6) is 0. The number of halogens is 4. The minimum Gasteiger partial charge on any atom is -0.255 e. The molecule has 2 rings (SSSR count). The van der Waals surface area contributed by atoms with E-state index in [0.29, 0.717) is 9.27 Å². The fraction of sp³-hybridized carbons (Fsp3) is 0.111. The summed E-state index contributed by atoms with van der Waals surface area (Å²) in [4.78, 5) is 0. The lowest BCUT2D eigenvalue weighted by Crippen LogP contribution is -2.07. The van der Waals surface area contributed by atoms with Crippen LogP contribution in [0.3, 0.4) is 0 Å². The first-order chi connectivity index (χ1) is 6.50. The van der Waals surface area contributed by atoms with E-state index in [1.807, 2.05) is 22.6 Å². The highest BCUT2D eigenvalue weighted by molar-refractivity contribution is 14.1. The van der Waals surface area contributed by atoms with Crippen LogP contribution in [0.1, 0.15) is 11.1 Å². The summed E-state index contributed by atoms with van der Waals surface area (Å²) in [5.41, 5.74) is -0.0262. The van der Waals surface area contributed by atoms with E-state index in [1.54, 1.807) is 6.07 Å². The zero-order valence-electron chi connectivity index (χ0n) is 6.77. The van der Waals surface area contributed by atoms with Crippen molar-refractivity contribution in [3.05, 3.63) is 35.5 Å². The van der Waals surface area contributed by atoms with Gasteiger partial charge in [-0.05, 0) is 34.7 Å². The largest absolute Gasteiger partial charge is 0.417 e. The highest BCUT2D eigenvalue weighted by atomic mass is 127. The summed E-state index contributed by atoms with van der Waals surface area (Å²) in [6, 6.07) is 4.02. The molecule has 0 saturated carbocycles. The van der Waals surface area contributed by atoms with Crippen LogP contribution in [0, 0.1) is 0 Å². The van der Waals surface area contributed by atoms with Crippen LogP contribution in [0.15, 0.2) is 24.4 Å². The van der Waals surface area contributed by atoms with Crippen LogP contribution in [0.5, 0.6) is 0 Å². The zero-order valence-corrected chi connectivity index (χ0v) is 8.93. The predicted molar refractivity (Wildman–Crippen MR) is 55.2 cm³/mol. The molecule has 0 bridgehead atoms. The standard InChI is InChI=1S/C9H4F3IN/c10-9(11,12)5-2-1-3-7-8(5)6(13)4-14-7/h1-4H. The van der Waals surface area contributed by atoms with Crippen molar-refractivity contribution in [2.45, 2.75) is 6.18 Å². The number of benzene rings is 1. The first-order valence-electron chi connectivity index (χ1n) is 3.77. The van der Waals surface area contributed by atoms with Crippen molar-refractivity contribution in [3.63, 3.8) is 0 Å². The predicted octanol–water partition coefficient (Wildman–Crippen LogP) is 3.69. The van der Waals surface area contributed by atoms with Gasteiger partial charge in [0.2, 0.25) is 0 Å². The van der Waals surface area contributed by atoms with Crippen molar-refractivity contribution >= 4 is 31.9 Å². The molecule has 0 fully saturated rings. The van der Waals surface area contributed by atoms with Crippen molar-refractivity contribution in [3.8, 4) is 0 Å². The van der Waals surface area contributed by atoms with E-state index in [0.717, 1.165) is 6.07 Å². The molecule has 0 aromatic heterocycles. The number of alkyl halides is 3. The van der Waals surface area contributed by atoms with E-state index in [2.05, 4.69) is 5.32 Å². The van der Waals surface area contributed by atoms with E-state index in [-0.39, 0.29) is 5.56 Å². The van der Waals surface area contributed by atoms with Crippen molar-refractivity contribution < 1.29 is 13.2 Å². The van der Waals surface area contributed by atoms with E-state index >= 15 is 0 Å².